The Morgan fingerprint density at radius 3 is 2.56 bits per heavy atom. The predicted octanol–water partition coefficient (Wildman–Crippen LogP) is 3.10. The molecule has 0 spiro atoms. The zero-order valence-electron chi connectivity index (χ0n) is 12.0. The van der Waals surface area contributed by atoms with Crippen molar-refractivity contribution in [2.24, 2.45) is 23.0 Å². The molecule has 2 unspecified atom stereocenters. The van der Waals surface area contributed by atoms with E-state index in [2.05, 4.69) is 6.07 Å². The highest BCUT2D eigenvalue weighted by Gasteiger charge is 2.24. The van der Waals surface area contributed by atoms with Crippen LogP contribution >= 0.6 is 0 Å². The molecule has 0 aromatic carbocycles. The largest absolute Gasteiger partial charge is 0.381 e. The van der Waals surface area contributed by atoms with Gasteiger partial charge in [0.25, 0.3) is 0 Å². The summed E-state index contributed by atoms with van der Waals surface area (Å²) in [5, 5.41) is 8.92. The van der Waals surface area contributed by atoms with Crippen LogP contribution in [0, 0.1) is 28.6 Å². The Morgan fingerprint density at radius 1 is 1.28 bits per heavy atom. The number of ether oxygens (including phenoxy) is 1. The summed E-state index contributed by atoms with van der Waals surface area (Å²) < 4.78 is 5.78. The zero-order valence-corrected chi connectivity index (χ0v) is 12.0. The monoisotopic (exact) mass is 252 g/mol. The third kappa shape index (κ3) is 5.37. The van der Waals surface area contributed by atoms with Gasteiger partial charge in [0, 0.05) is 13.2 Å². The Balaban J connectivity index is 2.12. The van der Waals surface area contributed by atoms with Crippen molar-refractivity contribution in [3.63, 3.8) is 0 Å². The SMILES string of the molecule is CC(C)(C#N)CCCOCC1CCCCC1CN. The zero-order chi connectivity index (χ0) is 13.4. The molecule has 1 fully saturated rings. The lowest BCUT2D eigenvalue weighted by atomic mass is 9.80. The van der Waals surface area contributed by atoms with E-state index in [1.807, 2.05) is 13.8 Å². The highest BCUT2D eigenvalue weighted by atomic mass is 16.5. The summed E-state index contributed by atoms with van der Waals surface area (Å²) in [6.07, 6.45) is 7.08. The van der Waals surface area contributed by atoms with Crippen molar-refractivity contribution in [2.45, 2.75) is 52.4 Å². The molecule has 3 nitrogen and oxygen atoms in total. The standard InChI is InChI=1S/C15H28N2O/c1-15(2,12-17)8-5-9-18-11-14-7-4-3-6-13(14)10-16/h13-14H,3-11,16H2,1-2H3. The molecular weight excluding hydrogens is 224 g/mol. The quantitative estimate of drug-likeness (QED) is 0.708. The third-order valence-electron chi connectivity index (χ3n) is 4.09. The fourth-order valence-corrected chi connectivity index (χ4v) is 2.72. The van der Waals surface area contributed by atoms with Gasteiger partial charge in [0.2, 0.25) is 0 Å². The predicted molar refractivity (Wildman–Crippen MR) is 73.9 cm³/mol. The van der Waals surface area contributed by atoms with E-state index < -0.39 is 0 Å². The summed E-state index contributed by atoms with van der Waals surface area (Å²) >= 11 is 0. The molecule has 0 saturated heterocycles. The third-order valence-corrected chi connectivity index (χ3v) is 4.09. The van der Waals surface area contributed by atoms with Crippen LogP contribution in [-0.2, 0) is 4.74 Å². The van der Waals surface area contributed by atoms with Crippen LogP contribution in [0.2, 0.25) is 0 Å². The number of rotatable bonds is 7. The van der Waals surface area contributed by atoms with Crippen LogP contribution in [-0.4, -0.2) is 19.8 Å². The fraction of sp³-hybridized carbons (Fsp3) is 0.933. The molecule has 0 amide bonds. The molecule has 2 atom stereocenters. The number of hydrogen-bond acceptors (Lipinski definition) is 3. The summed E-state index contributed by atoms with van der Waals surface area (Å²) in [4.78, 5) is 0. The molecule has 1 aliphatic rings. The Morgan fingerprint density at radius 2 is 1.94 bits per heavy atom. The van der Waals surface area contributed by atoms with Gasteiger partial charge in [0.1, 0.15) is 0 Å². The second-order valence-corrected chi connectivity index (χ2v) is 6.21. The molecule has 104 valence electrons. The first kappa shape index (κ1) is 15.5. The van der Waals surface area contributed by atoms with Crippen molar-refractivity contribution in [3.8, 4) is 6.07 Å². The van der Waals surface area contributed by atoms with Crippen LogP contribution in [0.5, 0.6) is 0 Å². The maximum atomic E-state index is 8.92. The van der Waals surface area contributed by atoms with Gasteiger partial charge in [-0.05, 0) is 57.9 Å². The second-order valence-electron chi connectivity index (χ2n) is 6.21. The number of nitrogens with two attached hydrogens (primary N) is 1. The molecule has 1 rings (SSSR count). The molecule has 0 radical (unpaired) electrons. The Labute approximate surface area is 112 Å². The van der Waals surface area contributed by atoms with Crippen LogP contribution in [0.15, 0.2) is 0 Å². The molecule has 0 aliphatic heterocycles. The fourth-order valence-electron chi connectivity index (χ4n) is 2.72. The highest BCUT2D eigenvalue weighted by molar-refractivity contribution is 4.91. The smallest absolute Gasteiger partial charge is 0.0683 e. The van der Waals surface area contributed by atoms with E-state index in [0.29, 0.717) is 11.8 Å². The molecule has 18 heavy (non-hydrogen) atoms. The molecule has 0 bridgehead atoms. The first-order valence-corrected chi connectivity index (χ1v) is 7.28. The highest BCUT2D eigenvalue weighted by Crippen LogP contribution is 2.29. The first-order valence-electron chi connectivity index (χ1n) is 7.28. The lowest BCUT2D eigenvalue weighted by molar-refractivity contribution is 0.0567. The summed E-state index contributed by atoms with van der Waals surface area (Å²) in [6, 6.07) is 2.33. The van der Waals surface area contributed by atoms with Crippen molar-refractivity contribution >= 4 is 0 Å². The van der Waals surface area contributed by atoms with Gasteiger partial charge in [0.15, 0.2) is 0 Å². The molecule has 0 aromatic rings. The van der Waals surface area contributed by atoms with Crippen molar-refractivity contribution in [2.75, 3.05) is 19.8 Å². The Hall–Kier alpha value is -0.590. The Kier molecular flexibility index (Phi) is 6.67. The summed E-state index contributed by atoms with van der Waals surface area (Å²) in [7, 11) is 0. The maximum absolute atomic E-state index is 8.92. The normalized spacial score (nSPS) is 24.8. The number of nitrogens with zero attached hydrogens (tertiary/aromatic N) is 1. The van der Waals surface area contributed by atoms with Gasteiger partial charge in [-0.1, -0.05) is 12.8 Å². The summed E-state index contributed by atoms with van der Waals surface area (Å²) in [6.45, 7) is 6.40. The lowest BCUT2D eigenvalue weighted by Crippen LogP contribution is -2.30. The van der Waals surface area contributed by atoms with Crippen LogP contribution in [0.25, 0.3) is 0 Å². The minimum Gasteiger partial charge on any atom is -0.381 e. The lowest BCUT2D eigenvalue weighted by Gasteiger charge is -2.30. The molecule has 1 aliphatic carbocycles. The van der Waals surface area contributed by atoms with E-state index in [-0.39, 0.29) is 5.41 Å². The van der Waals surface area contributed by atoms with Crippen molar-refractivity contribution in [3.05, 3.63) is 0 Å². The van der Waals surface area contributed by atoms with Crippen molar-refractivity contribution < 1.29 is 4.74 Å². The van der Waals surface area contributed by atoms with Crippen LogP contribution in [0.3, 0.4) is 0 Å². The summed E-state index contributed by atoms with van der Waals surface area (Å²) in [5.74, 6) is 1.32. The van der Waals surface area contributed by atoms with Crippen molar-refractivity contribution in [1.29, 1.82) is 5.26 Å². The van der Waals surface area contributed by atoms with Crippen LogP contribution in [0.4, 0.5) is 0 Å². The van der Waals surface area contributed by atoms with Gasteiger partial charge >= 0.3 is 0 Å². The van der Waals surface area contributed by atoms with E-state index in [1.165, 1.54) is 25.7 Å². The topological polar surface area (TPSA) is 59.0 Å². The van der Waals surface area contributed by atoms with E-state index in [4.69, 9.17) is 15.7 Å². The van der Waals surface area contributed by atoms with Crippen molar-refractivity contribution in [1.82, 2.24) is 0 Å². The van der Waals surface area contributed by atoms with Gasteiger partial charge < -0.3 is 10.5 Å². The van der Waals surface area contributed by atoms with E-state index in [1.54, 1.807) is 0 Å². The molecule has 2 N–H and O–H groups in total. The minimum absolute atomic E-state index is 0.214. The van der Waals surface area contributed by atoms with Gasteiger partial charge in [0.05, 0.1) is 11.5 Å². The maximum Gasteiger partial charge on any atom is 0.0683 e. The second kappa shape index (κ2) is 7.76. The van der Waals surface area contributed by atoms with Gasteiger partial charge in [-0.15, -0.1) is 0 Å². The molecule has 1 saturated carbocycles. The first-order chi connectivity index (χ1) is 8.59. The number of nitriles is 1. The summed E-state index contributed by atoms with van der Waals surface area (Å²) in [5.41, 5.74) is 5.59. The Bertz CT molecular complexity index is 270. The average molecular weight is 252 g/mol. The molecule has 3 heteroatoms. The minimum atomic E-state index is -0.214. The number of hydrogen-bond donors (Lipinski definition) is 1. The molecular formula is C15H28N2O. The van der Waals surface area contributed by atoms with Gasteiger partial charge in [-0.25, -0.2) is 0 Å². The molecule has 0 aromatic heterocycles. The average Bonchev–Trinajstić information content (AvgIpc) is 2.38. The van der Waals surface area contributed by atoms with Crippen LogP contribution < -0.4 is 5.73 Å². The van der Waals surface area contributed by atoms with Gasteiger partial charge in [-0.3, -0.25) is 0 Å². The van der Waals surface area contributed by atoms with E-state index in [9.17, 15) is 0 Å². The van der Waals surface area contributed by atoms with E-state index >= 15 is 0 Å². The van der Waals surface area contributed by atoms with Crippen LogP contribution in [0.1, 0.15) is 52.4 Å². The molecule has 0 heterocycles. The van der Waals surface area contributed by atoms with Gasteiger partial charge in [-0.2, -0.15) is 5.26 Å². The van der Waals surface area contributed by atoms with E-state index in [0.717, 1.165) is 32.6 Å².